The molecule has 0 fully saturated rings. The molecule has 1 aromatic heterocycles. The van der Waals surface area contributed by atoms with Crippen molar-refractivity contribution in [1.82, 2.24) is 10.3 Å². The Kier molecular flexibility index (Phi) is 5.08. The van der Waals surface area contributed by atoms with Crippen molar-refractivity contribution < 1.29 is 8.42 Å². The van der Waals surface area contributed by atoms with Crippen LogP contribution in [0.15, 0.2) is 24.5 Å². The van der Waals surface area contributed by atoms with Gasteiger partial charge in [-0.2, -0.15) is 0 Å². The standard InChI is InChI=1S/C12H20N2O2S/c1-4-17(15,16)9-10(2)14-11(3)12-5-7-13-8-6-12/h5-8,10-11,14H,4,9H2,1-3H3. The molecule has 17 heavy (non-hydrogen) atoms. The second-order valence-corrected chi connectivity index (χ2v) is 6.67. The molecular weight excluding hydrogens is 236 g/mol. The summed E-state index contributed by atoms with van der Waals surface area (Å²) in [6.07, 6.45) is 3.47. The first kappa shape index (κ1) is 14.1. The van der Waals surface area contributed by atoms with Crippen LogP contribution in [0.1, 0.15) is 32.4 Å². The lowest BCUT2D eigenvalue weighted by atomic mass is 10.1. The molecular formula is C12H20N2O2S. The molecule has 0 saturated carbocycles. The third-order valence-electron chi connectivity index (χ3n) is 2.68. The SMILES string of the molecule is CCS(=O)(=O)CC(C)NC(C)c1ccncc1. The lowest BCUT2D eigenvalue weighted by Gasteiger charge is -2.20. The molecule has 0 radical (unpaired) electrons. The van der Waals surface area contributed by atoms with Gasteiger partial charge in [-0.15, -0.1) is 0 Å². The highest BCUT2D eigenvalue weighted by Crippen LogP contribution is 2.11. The summed E-state index contributed by atoms with van der Waals surface area (Å²) in [5.41, 5.74) is 1.11. The molecule has 1 heterocycles. The van der Waals surface area contributed by atoms with Crippen LogP contribution >= 0.6 is 0 Å². The van der Waals surface area contributed by atoms with Crippen molar-refractivity contribution in [2.45, 2.75) is 32.9 Å². The van der Waals surface area contributed by atoms with Crippen molar-refractivity contribution in [3.05, 3.63) is 30.1 Å². The predicted molar refractivity (Wildman–Crippen MR) is 69.6 cm³/mol. The Morgan fingerprint density at radius 1 is 1.29 bits per heavy atom. The number of hydrogen-bond donors (Lipinski definition) is 1. The Bertz CT molecular complexity index is 431. The van der Waals surface area contributed by atoms with E-state index in [0.717, 1.165) is 5.56 Å². The van der Waals surface area contributed by atoms with Gasteiger partial charge in [-0.1, -0.05) is 6.92 Å². The molecule has 96 valence electrons. The zero-order valence-electron chi connectivity index (χ0n) is 10.6. The predicted octanol–water partition coefficient (Wildman–Crippen LogP) is 1.56. The molecule has 1 rings (SSSR count). The van der Waals surface area contributed by atoms with Crippen LogP contribution in [0.4, 0.5) is 0 Å². The van der Waals surface area contributed by atoms with Gasteiger partial charge in [-0.05, 0) is 31.5 Å². The van der Waals surface area contributed by atoms with E-state index in [0.29, 0.717) is 0 Å². The maximum absolute atomic E-state index is 11.5. The Balaban J connectivity index is 2.55. The quantitative estimate of drug-likeness (QED) is 0.839. The van der Waals surface area contributed by atoms with Gasteiger partial charge in [-0.3, -0.25) is 4.98 Å². The van der Waals surface area contributed by atoms with Crippen LogP contribution in [0.5, 0.6) is 0 Å². The van der Waals surface area contributed by atoms with E-state index in [1.54, 1.807) is 19.3 Å². The number of nitrogens with one attached hydrogen (secondary N) is 1. The maximum atomic E-state index is 11.5. The van der Waals surface area contributed by atoms with Crippen molar-refractivity contribution in [1.29, 1.82) is 0 Å². The molecule has 2 unspecified atom stereocenters. The lowest BCUT2D eigenvalue weighted by Crippen LogP contribution is -2.35. The van der Waals surface area contributed by atoms with E-state index in [2.05, 4.69) is 10.3 Å². The van der Waals surface area contributed by atoms with Crippen LogP contribution in [0.25, 0.3) is 0 Å². The average molecular weight is 256 g/mol. The van der Waals surface area contributed by atoms with Crippen molar-refractivity contribution in [2.24, 2.45) is 0 Å². The van der Waals surface area contributed by atoms with Gasteiger partial charge in [0.1, 0.15) is 0 Å². The third kappa shape index (κ3) is 4.83. The molecule has 5 heteroatoms. The van der Waals surface area contributed by atoms with E-state index in [4.69, 9.17) is 0 Å². The van der Waals surface area contributed by atoms with Gasteiger partial charge < -0.3 is 5.32 Å². The minimum absolute atomic E-state index is 0.0527. The largest absolute Gasteiger partial charge is 0.307 e. The summed E-state index contributed by atoms with van der Waals surface area (Å²) >= 11 is 0. The first-order valence-electron chi connectivity index (χ1n) is 5.81. The van der Waals surface area contributed by atoms with Crippen molar-refractivity contribution in [3.8, 4) is 0 Å². The summed E-state index contributed by atoms with van der Waals surface area (Å²) in [6, 6.07) is 3.93. The van der Waals surface area contributed by atoms with Crippen molar-refractivity contribution >= 4 is 9.84 Å². The average Bonchev–Trinajstić information content (AvgIpc) is 2.29. The number of aromatic nitrogens is 1. The molecule has 4 nitrogen and oxygen atoms in total. The topological polar surface area (TPSA) is 59.1 Å². The number of sulfone groups is 1. The highest BCUT2D eigenvalue weighted by molar-refractivity contribution is 7.91. The van der Waals surface area contributed by atoms with Gasteiger partial charge in [0.25, 0.3) is 0 Å². The molecule has 0 bridgehead atoms. The molecule has 0 aliphatic carbocycles. The van der Waals surface area contributed by atoms with Crippen LogP contribution in [0.3, 0.4) is 0 Å². The van der Waals surface area contributed by atoms with E-state index in [1.165, 1.54) is 0 Å². The minimum atomic E-state index is -2.92. The van der Waals surface area contributed by atoms with Crippen LogP contribution in [-0.4, -0.2) is 30.9 Å². The number of pyridine rings is 1. The highest BCUT2D eigenvalue weighted by atomic mass is 32.2. The van der Waals surface area contributed by atoms with Gasteiger partial charge in [-0.25, -0.2) is 8.42 Å². The molecule has 1 N–H and O–H groups in total. The zero-order valence-corrected chi connectivity index (χ0v) is 11.4. The van der Waals surface area contributed by atoms with Gasteiger partial charge in [0.15, 0.2) is 9.84 Å². The van der Waals surface area contributed by atoms with Crippen molar-refractivity contribution in [2.75, 3.05) is 11.5 Å². The molecule has 0 aliphatic rings. The summed E-state index contributed by atoms with van der Waals surface area (Å²) in [7, 11) is -2.92. The molecule has 0 spiro atoms. The van der Waals surface area contributed by atoms with Crippen LogP contribution < -0.4 is 5.32 Å². The first-order chi connectivity index (χ1) is 7.94. The van der Waals surface area contributed by atoms with Gasteiger partial charge >= 0.3 is 0 Å². The number of rotatable bonds is 6. The van der Waals surface area contributed by atoms with E-state index in [9.17, 15) is 8.42 Å². The minimum Gasteiger partial charge on any atom is -0.307 e. The van der Waals surface area contributed by atoms with E-state index in [1.807, 2.05) is 26.0 Å². The zero-order chi connectivity index (χ0) is 12.9. The molecule has 1 aromatic rings. The first-order valence-corrected chi connectivity index (χ1v) is 7.63. The summed E-state index contributed by atoms with van der Waals surface area (Å²) < 4.78 is 23.0. The summed E-state index contributed by atoms with van der Waals surface area (Å²) in [6.45, 7) is 5.59. The van der Waals surface area contributed by atoms with Gasteiger partial charge in [0.2, 0.25) is 0 Å². The summed E-state index contributed by atoms with van der Waals surface area (Å²) in [4.78, 5) is 3.96. The Morgan fingerprint density at radius 3 is 2.41 bits per heavy atom. The number of nitrogens with zero attached hydrogens (tertiary/aromatic N) is 1. The van der Waals surface area contributed by atoms with Crippen LogP contribution in [0, 0.1) is 0 Å². The molecule has 0 amide bonds. The maximum Gasteiger partial charge on any atom is 0.151 e. The van der Waals surface area contributed by atoms with Gasteiger partial charge in [0.05, 0.1) is 5.75 Å². The fraction of sp³-hybridized carbons (Fsp3) is 0.583. The second-order valence-electron chi connectivity index (χ2n) is 4.27. The molecule has 0 aliphatic heterocycles. The monoisotopic (exact) mass is 256 g/mol. The second kappa shape index (κ2) is 6.12. The summed E-state index contributed by atoms with van der Waals surface area (Å²) in [5, 5.41) is 3.28. The van der Waals surface area contributed by atoms with Gasteiger partial charge in [0, 0.05) is 30.2 Å². The lowest BCUT2D eigenvalue weighted by molar-refractivity contribution is 0.499. The Hall–Kier alpha value is -0.940. The van der Waals surface area contributed by atoms with E-state index >= 15 is 0 Å². The third-order valence-corrected chi connectivity index (χ3v) is 4.57. The fourth-order valence-corrected chi connectivity index (χ4v) is 2.82. The van der Waals surface area contributed by atoms with E-state index in [-0.39, 0.29) is 23.6 Å². The summed E-state index contributed by atoms with van der Waals surface area (Å²) in [5.74, 6) is 0.377. The molecule has 2 atom stereocenters. The van der Waals surface area contributed by atoms with E-state index < -0.39 is 9.84 Å². The van der Waals surface area contributed by atoms with Crippen LogP contribution in [0.2, 0.25) is 0 Å². The highest BCUT2D eigenvalue weighted by Gasteiger charge is 2.15. The number of hydrogen-bond acceptors (Lipinski definition) is 4. The molecule has 0 aromatic carbocycles. The fourth-order valence-electron chi connectivity index (χ4n) is 1.72. The normalized spacial score (nSPS) is 15.5. The van der Waals surface area contributed by atoms with Crippen LogP contribution in [-0.2, 0) is 9.84 Å². The Morgan fingerprint density at radius 2 is 1.88 bits per heavy atom. The molecule has 0 saturated heterocycles. The Labute approximate surface area is 103 Å². The van der Waals surface area contributed by atoms with Crippen molar-refractivity contribution in [3.63, 3.8) is 0 Å². The smallest absolute Gasteiger partial charge is 0.151 e.